The number of rotatable bonds is 7. The van der Waals surface area contributed by atoms with Gasteiger partial charge in [-0.25, -0.2) is 8.42 Å². The van der Waals surface area contributed by atoms with Crippen molar-refractivity contribution < 1.29 is 8.42 Å². The van der Waals surface area contributed by atoms with Crippen LogP contribution in [0.4, 0.5) is 0 Å². The van der Waals surface area contributed by atoms with Crippen molar-refractivity contribution in [3.05, 3.63) is 16.3 Å². The number of nitrogens with zero attached hydrogens (tertiary/aromatic N) is 1. The van der Waals surface area contributed by atoms with Gasteiger partial charge < -0.3 is 5.32 Å². The molecule has 0 aromatic carbocycles. The van der Waals surface area contributed by atoms with E-state index in [1.807, 2.05) is 7.05 Å². The quantitative estimate of drug-likeness (QED) is 0.840. The number of sulfonamides is 1. The fraction of sp³-hybridized carbons (Fsp3) is 0.692. The summed E-state index contributed by atoms with van der Waals surface area (Å²) >= 11 is 1.50. The van der Waals surface area contributed by atoms with Gasteiger partial charge in [0.15, 0.2) is 0 Å². The minimum Gasteiger partial charge on any atom is -0.315 e. The van der Waals surface area contributed by atoms with Crippen LogP contribution >= 0.6 is 11.3 Å². The third kappa shape index (κ3) is 3.56. The molecule has 1 aliphatic carbocycles. The topological polar surface area (TPSA) is 49.4 Å². The second-order valence-corrected chi connectivity index (χ2v) is 8.37. The van der Waals surface area contributed by atoms with Gasteiger partial charge >= 0.3 is 0 Å². The average molecular weight is 302 g/mol. The molecule has 0 radical (unpaired) electrons. The Morgan fingerprint density at radius 1 is 1.47 bits per heavy atom. The van der Waals surface area contributed by atoms with Crippen LogP contribution in [0.15, 0.2) is 16.3 Å². The van der Waals surface area contributed by atoms with Crippen LogP contribution in [0.1, 0.15) is 31.6 Å². The van der Waals surface area contributed by atoms with E-state index in [4.69, 9.17) is 0 Å². The number of hydrogen-bond donors (Lipinski definition) is 1. The highest BCUT2D eigenvalue weighted by atomic mass is 32.2. The van der Waals surface area contributed by atoms with Crippen LogP contribution in [0.25, 0.3) is 0 Å². The van der Waals surface area contributed by atoms with Gasteiger partial charge in [0.05, 0.1) is 4.90 Å². The van der Waals surface area contributed by atoms with Crippen molar-refractivity contribution in [3.63, 3.8) is 0 Å². The van der Waals surface area contributed by atoms with Gasteiger partial charge in [-0.2, -0.15) is 4.31 Å². The van der Waals surface area contributed by atoms with Crippen molar-refractivity contribution in [3.8, 4) is 0 Å². The Labute approximate surface area is 119 Å². The fourth-order valence-corrected chi connectivity index (χ4v) is 5.19. The minimum absolute atomic E-state index is 0.222. The van der Waals surface area contributed by atoms with Crippen LogP contribution in [0.3, 0.4) is 0 Å². The fourth-order valence-electron chi connectivity index (χ4n) is 2.06. The van der Waals surface area contributed by atoms with Crippen LogP contribution in [-0.4, -0.2) is 32.4 Å². The number of hydrogen-bond acceptors (Lipinski definition) is 4. The second-order valence-electron chi connectivity index (χ2n) is 5.48. The standard InChI is InChI=1S/C13H22N2O2S2/c1-10(2)8-15(11-4-5-11)19(16,17)13-6-12(7-14-3)18-9-13/h6,9-11,14H,4-5,7-8H2,1-3H3. The van der Waals surface area contributed by atoms with Gasteiger partial charge in [-0.3, -0.25) is 0 Å². The molecular formula is C13H22N2O2S2. The Kier molecular flexibility index (Phi) is 4.66. The molecule has 1 aromatic heterocycles. The molecule has 4 nitrogen and oxygen atoms in total. The van der Waals surface area contributed by atoms with Crippen LogP contribution in [0.2, 0.25) is 0 Å². The summed E-state index contributed by atoms with van der Waals surface area (Å²) in [4.78, 5) is 1.51. The largest absolute Gasteiger partial charge is 0.315 e. The van der Waals surface area contributed by atoms with E-state index >= 15 is 0 Å². The average Bonchev–Trinajstić information content (AvgIpc) is 3.05. The Balaban J connectivity index is 2.22. The lowest BCUT2D eigenvalue weighted by molar-refractivity contribution is 0.360. The maximum atomic E-state index is 12.7. The second kappa shape index (κ2) is 5.91. The smallest absolute Gasteiger partial charge is 0.244 e. The summed E-state index contributed by atoms with van der Waals surface area (Å²) in [6.07, 6.45) is 2.00. The summed E-state index contributed by atoms with van der Waals surface area (Å²) in [7, 11) is -1.45. The van der Waals surface area contributed by atoms with Crippen molar-refractivity contribution in [1.29, 1.82) is 0 Å². The van der Waals surface area contributed by atoms with Gasteiger partial charge in [-0.1, -0.05) is 13.8 Å². The van der Waals surface area contributed by atoms with E-state index in [-0.39, 0.29) is 6.04 Å². The van der Waals surface area contributed by atoms with Crippen molar-refractivity contribution >= 4 is 21.4 Å². The van der Waals surface area contributed by atoms with Crippen molar-refractivity contribution in [1.82, 2.24) is 9.62 Å². The van der Waals surface area contributed by atoms with E-state index in [2.05, 4.69) is 19.2 Å². The summed E-state index contributed by atoms with van der Waals surface area (Å²) < 4.78 is 27.1. The van der Waals surface area contributed by atoms with Gasteiger partial charge in [-0.15, -0.1) is 11.3 Å². The number of thiophene rings is 1. The SMILES string of the molecule is CNCc1cc(S(=O)(=O)N(CC(C)C)C2CC2)cs1. The lowest BCUT2D eigenvalue weighted by Crippen LogP contribution is -2.35. The summed E-state index contributed by atoms with van der Waals surface area (Å²) in [6, 6.07) is 2.02. The molecule has 19 heavy (non-hydrogen) atoms. The van der Waals surface area contributed by atoms with Gasteiger partial charge in [0, 0.05) is 29.4 Å². The van der Waals surface area contributed by atoms with Crippen LogP contribution in [0.5, 0.6) is 0 Å². The van der Waals surface area contributed by atoms with E-state index < -0.39 is 10.0 Å². The van der Waals surface area contributed by atoms with Crippen LogP contribution < -0.4 is 5.32 Å². The van der Waals surface area contributed by atoms with Gasteiger partial charge in [0.25, 0.3) is 0 Å². The Hall–Kier alpha value is -0.430. The predicted molar refractivity (Wildman–Crippen MR) is 78.8 cm³/mol. The van der Waals surface area contributed by atoms with E-state index in [0.717, 1.165) is 17.7 Å². The molecule has 0 atom stereocenters. The molecule has 6 heteroatoms. The first-order chi connectivity index (χ1) is 8.95. The molecule has 0 unspecified atom stereocenters. The minimum atomic E-state index is -3.31. The normalized spacial score (nSPS) is 16.5. The molecule has 0 aliphatic heterocycles. The molecule has 1 aromatic rings. The Morgan fingerprint density at radius 2 is 2.16 bits per heavy atom. The molecule has 108 valence electrons. The summed E-state index contributed by atoms with van der Waals surface area (Å²) in [5.74, 6) is 0.353. The van der Waals surface area contributed by atoms with Crippen molar-refractivity contribution in [2.45, 2.75) is 44.2 Å². The molecule has 0 saturated heterocycles. The van der Waals surface area contributed by atoms with Crippen LogP contribution in [0, 0.1) is 5.92 Å². The zero-order valence-corrected chi connectivity index (χ0v) is 13.4. The first-order valence-electron chi connectivity index (χ1n) is 6.69. The molecule has 1 heterocycles. The molecule has 1 fully saturated rings. The maximum Gasteiger partial charge on any atom is 0.244 e. The molecule has 2 rings (SSSR count). The summed E-state index contributed by atoms with van der Waals surface area (Å²) in [5, 5.41) is 4.81. The highest BCUT2D eigenvalue weighted by molar-refractivity contribution is 7.89. The Bertz CT molecular complexity index is 519. The highest BCUT2D eigenvalue weighted by Gasteiger charge is 2.38. The Morgan fingerprint density at radius 3 is 2.68 bits per heavy atom. The van der Waals surface area contributed by atoms with E-state index in [1.165, 1.54) is 11.3 Å². The first-order valence-corrected chi connectivity index (χ1v) is 9.01. The predicted octanol–water partition coefficient (Wildman–Crippen LogP) is 2.28. The zero-order chi connectivity index (χ0) is 14.0. The van der Waals surface area contributed by atoms with E-state index in [1.54, 1.807) is 15.8 Å². The zero-order valence-electron chi connectivity index (χ0n) is 11.7. The molecule has 0 amide bonds. The molecular weight excluding hydrogens is 280 g/mol. The molecule has 1 aliphatic rings. The maximum absolute atomic E-state index is 12.7. The summed E-state index contributed by atoms with van der Waals surface area (Å²) in [5.41, 5.74) is 0. The molecule has 1 N–H and O–H groups in total. The lowest BCUT2D eigenvalue weighted by atomic mass is 10.2. The summed E-state index contributed by atoms with van der Waals surface area (Å²) in [6.45, 7) is 5.45. The monoisotopic (exact) mass is 302 g/mol. The molecule has 0 spiro atoms. The highest BCUT2D eigenvalue weighted by Crippen LogP contribution is 2.33. The van der Waals surface area contributed by atoms with Gasteiger partial charge in [0.1, 0.15) is 0 Å². The van der Waals surface area contributed by atoms with Crippen LogP contribution in [-0.2, 0) is 16.6 Å². The van der Waals surface area contributed by atoms with E-state index in [0.29, 0.717) is 23.9 Å². The third-order valence-corrected chi connectivity index (χ3v) is 6.07. The lowest BCUT2D eigenvalue weighted by Gasteiger charge is -2.23. The van der Waals surface area contributed by atoms with Crippen molar-refractivity contribution in [2.24, 2.45) is 5.92 Å². The molecule has 0 bridgehead atoms. The first kappa shape index (κ1) is 15.0. The van der Waals surface area contributed by atoms with E-state index in [9.17, 15) is 8.42 Å². The van der Waals surface area contributed by atoms with Crippen molar-refractivity contribution in [2.75, 3.05) is 13.6 Å². The molecule has 1 saturated carbocycles. The number of nitrogens with one attached hydrogen (secondary N) is 1. The van der Waals surface area contributed by atoms with Gasteiger partial charge in [0.2, 0.25) is 10.0 Å². The third-order valence-electron chi connectivity index (χ3n) is 3.09. The van der Waals surface area contributed by atoms with Gasteiger partial charge in [-0.05, 0) is 31.9 Å².